The van der Waals surface area contributed by atoms with Crippen LogP contribution in [0.15, 0.2) is 158 Å². The molecule has 2 aromatic heterocycles. The number of pyridine rings is 1. The van der Waals surface area contributed by atoms with Crippen molar-refractivity contribution in [1.29, 1.82) is 0 Å². The lowest BCUT2D eigenvalue weighted by molar-refractivity contribution is 0.479. The van der Waals surface area contributed by atoms with Gasteiger partial charge in [-0.05, 0) is 121 Å². The molecule has 9 rings (SSSR count). The molecular formula is C63H70N4O. The van der Waals surface area contributed by atoms with Crippen LogP contribution in [0, 0.1) is 0 Å². The molecule has 3 heterocycles. The van der Waals surface area contributed by atoms with Crippen molar-refractivity contribution in [3.63, 3.8) is 0 Å². The number of ether oxygens (including phenoxy) is 1. The van der Waals surface area contributed by atoms with Crippen molar-refractivity contribution in [3.05, 3.63) is 197 Å². The highest BCUT2D eigenvalue weighted by Crippen LogP contribution is 2.43. The number of rotatable bonds is 8. The molecule has 0 amide bonds. The Bertz CT molecular complexity index is 3150. The molecule has 0 fully saturated rings. The summed E-state index contributed by atoms with van der Waals surface area (Å²) in [4.78, 5) is 9.88. The summed E-state index contributed by atoms with van der Waals surface area (Å²) in [7, 11) is 0. The van der Waals surface area contributed by atoms with E-state index in [0.29, 0.717) is 6.67 Å². The number of hydrogen-bond acceptors (Lipinski definition) is 4. The van der Waals surface area contributed by atoms with Gasteiger partial charge >= 0.3 is 0 Å². The second-order valence-corrected chi connectivity index (χ2v) is 23.6. The second-order valence-electron chi connectivity index (χ2n) is 23.6. The smallest absolute Gasteiger partial charge is 0.137 e. The quantitative estimate of drug-likeness (QED) is 0.152. The van der Waals surface area contributed by atoms with Crippen LogP contribution in [-0.2, 0) is 27.1 Å². The van der Waals surface area contributed by atoms with Crippen LogP contribution < -0.4 is 14.5 Å². The minimum absolute atomic E-state index is 0.00124. The molecule has 0 saturated heterocycles. The monoisotopic (exact) mass is 899 g/mol. The number of nitrogens with zero attached hydrogens (tertiary/aromatic N) is 4. The zero-order chi connectivity index (χ0) is 48.6. The summed E-state index contributed by atoms with van der Waals surface area (Å²) >= 11 is 0. The lowest BCUT2D eigenvalue weighted by Gasteiger charge is -2.30. The third-order valence-corrected chi connectivity index (χ3v) is 14.0. The zero-order valence-electron chi connectivity index (χ0n) is 42.9. The van der Waals surface area contributed by atoms with Gasteiger partial charge in [0.15, 0.2) is 0 Å². The lowest BCUT2D eigenvalue weighted by Crippen LogP contribution is -2.27. The average Bonchev–Trinajstić information content (AvgIpc) is 3.88. The maximum absolute atomic E-state index is 7.09. The third kappa shape index (κ3) is 9.08. The first-order valence-electron chi connectivity index (χ1n) is 24.4. The fraction of sp³-hybridized carbons (Fsp3) is 0.317. The van der Waals surface area contributed by atoms with Crippen molar-refractivity contribution in [3.8, 4) is 17.3 Å². The molecule has 0 saturated carbocycles. The van der Waals surface area contributed by atoms with Gasteiger partial charge in [-0.2, -0.15) is 0 Å². The van der Waals surface area contributed by atoms with Crippen molar-refractivity contribution in [2.24, 2.45) is 0 Å². The van der Waals surface area contributed by atoms with Gasteiger partial charge in [-0.15, -0.1) is 0 Å². The van der Waals surface area contributed by atoms with E-state index in [2.05, 4.69) is 263 Å². The van der Waals surface area contributed by atoms with E-state index < -0.39 is 0 Å². The van der Waals surface area contributed by atoms with Crippen LogP contribution in [-0.4, -0.2) is 16.2 Å². The van der Waals surface area contributed by atoms with E-state index in [1.54, 1.807) is 0 Å². The molecule has 5 heteroatoms. The van der Waals surface area contributed by atoms with E-state index in [1.807, 2.05) is 6.20 Å². The maximum atomic E-state index is 7.09. The second kappa shape index (κ2) is 16.9. The summed E-state index contributed by atoms with van der Waals surface area (Å²) < 4.78 is 9.41. The Hall–Kier alpha value is -6.59. The molecule has 0 aliphatic carbocycles. The molecule has 1 aliphatic heterocycles. The van der Waals surface area contributed by atoms with Crippen molar-refractivity contribution in [2.45, 2.75) is 124 Å². The van der Waals surface area contributed by atoms with Gasteiger partial charge in [-0.1, -0.05) is 170 Å². The van der Waals surface area contributed by atoms with Crippen molar-refractivity contribution in [1.82, 2.24) is 9.55 Å². The van der Waals surface area contributed by atoms with E-state index >= 15 is 0 Å². The van der Waals surface area contributed by atoms with Gasteiger partial charge in [-0.25, -0.2) is 4.98 Å². The molecule has 68 heavy (non-hydrogen) atoms. The SMILES string of the molecule is CC(C)(C)c1cc(Oc2ccc3c4cc(C(C)(C)c5ccccc5)ccc4n(-c4cc(C(C)(C)C)ccn4)c3c2)cc(N2CN(c3cc(C(C)(C)C)cc(C(C)(C)C)c3)C=C2c2ccccc2)c1. The van der Waals surface area contributed by atoms with E-state index in [4.69, 9.17) is 9.72 Å². The molecule has 0 spiro atoms. The predicted molar refractivity (Wildman–Crippen MR) is 289 cm³/mol. The van der Waals surface area contributed by atoms with Crippen LogP contribution in [0.5, 0.6) is 11.5 Å². The normalized spacial score (nSPS) is 14.0. The maximum Gasteiger partial charge on any atom is 0.137 e. The van der Waals surface area contributed by atoms with Crippen molar-refractivity contribution >= 4 is 38.9 Å². The first-order valence-corrected chi connectivity index (χ1v) is 24.4. The Morgan fingerprint density at radius 1 is 0.441 bits per heavy atom. The van der Waals surface area contributed by atoms with Crippen LogP contribution in [0.4, 0.5) is 11.4 Å². The average molecular weight is 899 g/mol. The number of fused-ring (bicyclic) bond motifs is 3. The number of aromatic nitrogens is 2. The Balaban J connectivity index is 1.17. The van der Waals surface area contributed by atoms with Gasteiger partial charge < -0.3 is 14.5 Å². The summed E-state index contributed by atoms with van der Waals surface area (Å²) in [5.74, 6) is 2.46. The van der Waals surface area contributed by atoms with E-state index in [0.717, 1.165) is 45.1 Å². The van der Waals surface area contributed by atoms with E-state index in [9.17, 15) is 0 Å². The lowest BCUT2D eigenvalue weighted by atomic mass is 9.78. The fourth-order valence-electron chi connectivity index (χ4n) is 9.44. The minimum atomic E-state index is -0.194. The standard InChI is InChI=1S/C63H70N4O/c1-59(2,3)44-29-30-64-58(37-44)67-55-28-25-45(63(13,14)43-23-19-16-20-24-43)36-54(55)53-27-26-51(39-56(53)67)68-52-35-48(62(10,11)12)34-50(38-52)66-41-65(40-57(66)42-21-17-15-18-22-42)49-32-46(60(4,5)6)31-47(33-49)61(7,8)9/h15-40H,41H2,1-14H3. The molecular weight excluding hydrogens is 829 g/mol. The first-order chi connectivity index (χ1) is 31.9. The third-order valence-electron chi connectivity index (χ3n) is 14.0. The molecule has 348 valence electrons. The van der Waals surface area contributed by atoms with Gasteiger partial charge in [0.1, 0.15) is 17.3 Å². The molecule has 0 N–H and O–H groups in total. The van der Waals surface area contributed by atoms with Crippen LogP contribution in [0.3, 0.4) is 0 Å². The van der Waals surface area contributed by atoms with Crippen LogP contribution in [0.1, 0.15) is 136 Å². The molecule has 0 radical (unpaired) electrons. The Morgan fingerprint density at radius 2 is 1.04 bits per heavy atom. The topological polar surface area (TPSA) is 33.5 Å². The summed E-state index contributed by atoms with van der Waals surface area (Å²) in [6.45, 7) is 32.7. The van der Waals surface area contributed by atoms with Crippen molar-refractivity contribution in [2.75, 3.05) is 16.5 Å². The molecule has 8 aromatic rings. The van der Waals surface area contributed by atoms with Gasteiger partial charge in [-0.3, -0.25) is 4.57 Å². The molecule has 5 nitrogen and oxygen atoms in total. The number of benzene rings is 6. The highest BCUT2D eigenvalue weighted by atomic mass is 16.5. The molecule has 0 atom stereocenters. The van der Waals surface area contributed by atoms with E-state index in [1.165, 1.54) is 50.0 Å². The highest BCUT2D eigenvalue weighted by Gasteiger charge is 2.30. The van der Waals surface area contributed by atoms with Crippen LogP contribution in [0.2, 0.25) is 0 Å². The van der Waals surface area contributed by atoms with Gasteiger partial charge in [0, 0.05) is 52.1 Å². The predicted octanol–water partition coefficient (Wildman–Crippen LogP) is 16.8. The van der Waals surface area contributed by atoms with Gasteiger partial charge in [0.2, 0.25) is 0 Å². The summed E-state index contributed by atoms with van der Waals surface area (Å²) in [5.41, 5.74) is 14.0. The largest absolute Gasteiger partial charge is 0.457 e. The summed E-state index contributed by atoms with van der Waals surface area (Å²) in [6.07, 6.45) is 4.28. The summed E-state index contributed by atoms with van der Waals surface area (Å²) in [6, 6.07) is 53.4. The van der Waals surface area contributed by atoms with Crippen molar-refractivity contribution < 1.29 is 4.74 Å². The van der Waals surface area contributed by atoms with Crippen LogP contribution >= 0.6 is 0 Å². The molecule has 6 aromatic carbocycles. The zero-order valence-corrected chi connectivity index (χ0v) is 42.9. The van der Waals surface area contributed by atoms with Crippen LogP contribution in [0.25, 0.3) is 33.3 Å². The Kier molecular flexibility index (Phi) is 11.5. The highest BCUT2D eigenvalue weighted by molar-refractivity contribution is 6.10. The van der Waals surface area contributed by atoms with Gasteiger partial charge in [0.05, 0.1) is 23.4 Å². The van der Waals surface area contributed by atoms with Gasteiger partial charge in [0.25, 0.3) is 0 Å². The Labute approximate surface area is 406 Å². The summed E-state index contributed by atoms with van der Waals surface area (Å²) in [5, 5.41) is 2.35. The minimum Gasteiger partial charge on any atom is -0.457 e. The number of hydrogen-bond donors (Lipinski definition) is 0. The first kappa shape index (κ1) is 46.5. The fourth-order valence-corrected chi connectivity index (χ4v) is 9.44. The van der Waals surface area contributed by atoms with E-state index in [-0.39, 0.29) is 27.1 Å². The molecule has 0 unspecified atom stereocenters. The number of anilines is 2. The Morgan fingerprint density at radius 3 is 1.68 bits per heavy atom. The molecule has 1 aliphatic rings. The molecule has 0 bridgehead atoms.